The Morgan fingerprint density at radius 1 is 1.39 bits per heavy atom. The molecule has 7 nitrogen and oxygen atoms in total. The molecule has 0 aliphatic heterocycles. The molecule has 88 valence electrons. The maximum Gasteiger partial charge on any atom is 0.354 e. The molecular weight excluding hydrogens is 233 g/mol. The number of hydrogen-bond acceptors (Lipinski definition) is 4. The van der Waals surface area contributed by atoms with E-state index in [2.05, 4.69) is 15.2 Å². The van der Waals surface area contributed by atoms with Gasteiger partial charge in [0.1, 0.15) is 0 Å². The zero-order valence-electron chi connectivity index (χ0n) is 9.48. The zero-order valence-corrected chi connectivity index (χ0v) is 9.48. The van der Waals surface area contributed by atoms with Crippen LogP contribution in [0.5, 0.6) is 0 Å². The molecule has 3 aromatic rings. The molecule has 3 heterocycles. The van der Waals surface area contributed by atoms with Crippen molar-refractivity contribution in [1.29, 1.82) is 0 Å². The van der Waals surface area contributed by atoms with Crippen LogP contribution in [0, 0.1) is 0 Å². The Morgan fingerprint density at radius 3 is 2.89 bits per heavy atom. The first kappa shape index (κ1) is 10.5. The highest BCUT2D eigenvalue weighted by Crippen LogP contribution is 2.10. The smallest absolute Gasteiger partial charge is 0.354 e. The predicted octanol–water partition coefficient (Wildman–Crippen LogP) is -1.13. The first-order chi connectivity index (χ1) is 8.65. The number of rotatable bonds is 2. The van der Waals surface area contributed by atoms with Crippen molar-refractivity contribution >= 4 is 25.1 Å². The Labute approximate surface area is 102 Å². The van der Waals surface area contributed by atoms with Gasteiger partial charge in [0.2, 0.25) is 0 Å². The summed E-state index contributed by atoms with van der Waals surface area (Å²) in [7, 11) is 1.82. The summed E-state index contributed by atoms with van der Waals surface area (Å²) in [5.74, 6) is -0.541. The van der Waals surface area contributed by atoms with E-state index in [4.69, 9.17) is 5.11 Å². The standard InChI is InChI=1S/C10H8BN5O2/c11-7-5-8-13-6(10(17)18)4-9(16(8)14-7)15-3-1-2-12-15/h1-5H,11H2,(H,17,18). The number of carboxylic acids is 1. The van der Waals surface area contributed by atoms with Gasteiger partial charge in [0.05, 0.1) is 0 Å². The number of carboxylic acid groups (broad SMARTS) is 1. The van der Waals surface area contributed by atoms with Crippen molar-refractivity contribution in [3.05, 3.63) is 36.3 Å². The lowest BCUT2D eigenvalue weighted by molar-refractivity contribution is 0.0690. The van der Waals surface area contributed by atoms with Crippen LogP contribution in [0.4, 0.5) is 0 Å². The van der Waals surface area contributed by atoms with Crippen molar-refractivity contribution in [1.82, 2.24) is 24.4 Å². The maximum atomic E-state index is 11.1. The second-order valence-corrected chi connectivity index (χ2v) is 3.81. The first-order valence-corrected chi connectivity index (χ1v) is 5.26. The monoisotopic (exact) mass is 241 g/mol. The number of aromatic nitrogens is 5. The van der Waals surface area contributed by atoms with E-state index < -0.39 is 5.97 Å². The average molecular weight is 241 g/mol. The van der Waals surface area contributed by atoms with Crippen LogP contribution in [-0.2, 0) is 0 Å². The lowest BCUT2D eigenvalue weighted by Crippen LogP contribution is -2.11. The lowest BCUT2D eigenvalue weighted by Gasteiger charge is -2.05. The lowest BCUT2D eigenvalue weighted by atomic mass is 10.1. The fourth-order valence-corrected chi connectivity index (χ4v) is 1.75. The summed E-state index contributed by atoms with van der Waals surface area (Å²) in [6.45, 7) is 0. The molecule has 0 fully saturated rings. The van der Waals surface area contributed by atoms with Gasteiger partial charge in [-0.15, -0.1) is 0 Å². The fourth-order valence-electron chi connectivity index (χ4n) is 1.75. The topological polar surface area (TPSA) is 85.3 Å². The molecule has 0 aliphatic carbocycles. The summed E-state index contributed by atoms with van der Waals surface area (Å²) < 4.78 is 3.11. The normalized spacial score (nSPS) is 10.9. The fraction of sp³-hybridized carbons (Fsp3) is 0. The van der Waals surface area contributed by atoms with Crippen LogP contribution in [-0.4, -0.2) is 43.3 Å². The highest BCUT2D eigenvalue weighted by molar-refractivity contribution is 6.31. The van der Waals surface area contributed by atoms with E-state index in [9.17, 15) is 4.79 Å². The van der Waals surface area contributed by atoms with Crippen LogP contribution >= 0.6 is 0 Å². The minimum Gasteiger partial charge on any atom is -0.477 e. The van der Waals surface area contributed by atoms with Gasteiger partial charge in [0.25, 0.3) is 0 Å². The molecule has 8 heteroatoms. The zero-order chi connectivity index (χ0) is 12.7. The Bertz CT molecular complexity index is 734. The number of hydrogen-bond donors (Lipinski definition) is 1. The maximum absolute atomic E-state index is 11.1. The van der Waals surface area contributed by atoms with Gasteiger partial charge in [-0.25, -0.2) is 14.5 Å². The second kappa shape index (κ2) is 3.69. The molecule has 0 atom stereocenters. The van der Waals surface area contributed by atoms with Crippen LogP contribution < -0.4 is 5.59 Å². The van der Waals surface area contributed by atoms with Gasteiger partial charge < -0.3 is 5.11 Å². The third kappa shape index (κ3) is 1.55. The molecule has 18 heavy (non-hydrogen) atoms. The SMILES string of the molecule is Bc1cc2nc(C(=O)O)cc(-n3cccn3)n2n1. The third-order valence-corrected chi connectivity index (χ3v) is 2.49. The molecule has 1 N–H and O–H groups in total. The van der Waals surface area contributed by atoms with Crippen LogP contribution in [0.25, 0.3) is 11.5 Å². The summed E-state index contributed by atoms with van der Waals surface area (Å²) >= 11 is 0. The molecular formula is C10H8BN5O2. The highest BCUT2D eigenvalue weighted by Gasteiger charge is 2.13. The van der Waals surface area contributed by atoms with Gasteiger partial charge in [0.15, 0.2) is 25.0 Å². The van der Waals surface area contributed by atoms with E-state index in [1.807, 2.05) is 7.85 Å². The van der Waals surface area contributed by atoms with Crippen LogP contribution in [0.3, 0.4) is 0 Å². The van der Waals surface area contributed by atoms with E-state index in [0.717, 1.165) is 5.59 Å². The first-order valence-electron chi connectivity index (χ1n) is 5.26. The molecule has 0 spiro atoms. The van der Waals surface area contributed by atoms with Crippen molar-refractivity contribution in [2.24, 2.45) is 0 Å². The van der Waals surface area contributed by atoms with E-state index in [0.29, 0.717) is 11.5 Å². The molecule has 3 rings (SSSR count). The van der Waals surface area contributed by atoms with Crippen molar-refractivity contribution < 1.29 is 9.90 Å². The van der Waals surface area contributed by atoms with Gasteiger partial charge >= 0.3 is 5.97 Å². The third-order valence-electron chi connectivity index (χ3n) is 2.49. The van der Waals surface area contributed by atoms with Gasteiger partial charge in [-0.05, 0) is 12.1 Å². The van der Waals surface area contributed by atoms with E-state index in [1.165, 1.54) is 6.07 Å². The summed E-state index contributed by atoms with van der Waals surface area (Å²) in [5, 5.41) is 17.4. The Morgan fingerprint density at radius 2 is 2.22 bits per heavy atom. The van der Waals surface area contributed by atoms with Gasteiger partial charge in [-0.1, -0.05) is 0 Å². The van der Waals surface area contributed by atoms with E-state index >= 15 is 0 Å². The minimum atomic E-state index is -1.08. The van der Waals surface area contributed by atoms with E-state index in [1.54, 1.807) is 33.7 Å². The Kier molecular flexibility index (Phi) is 2.16. The van der Waals surface area contributed by atoms with Crippen molar-refractivity contribution in [2.45, 2.75) is 0 Å². The minimum absolute atomic E-state index is 0.0344. The molecule has 0 saturated heterocycles. The molecule has 0 saturated carbocycles. The summed E-state index contributed by atoms with van der Waals surface area (Å²) in [5.41, 5.74) is 1.21. The van der Waals surface area contributed by atoms with Crippen LogP contribution in [0.2, 0.25) is 0 Å². The summed E-state index contributed by atoms with van der Waals surface area (Å²) in [4.78, 5) is 15.1. The number of fused-ring (bicyclic) bond motifs is 1. The largest absolute Gasteiger partial charge is 0.477 e. The number of aromatic carboxylic acids is 1. The molecule has 0 bridgehead atoms. The highest BCUT2D eigenvalue weighted by atomic mass is 16.4. The molecule has 0 aliphatic rings. The average Bonchev–Trinajstić information content (AvgIpc) is 2.94. The summed E-state index contributed by atoms with van der Waals surface area (Å²) in [6.07, 6.45) is 3.33. The molecule has 0 amide bonds. The van der Waals surface area contributed by atoms with E-state index in [-0.39, 0.29) is 5.69 Å². The van der Waals surface area contributed by atoms with Gasteiger partial charge in [0, 0.05) is 24.1 Å². The molecule has 0 aromatic carbocycles. The molecule has 0 radical (unpaired) electrons. The summed E-state index contributed by atoms with van der Waals surface area (Å²) in [6, 6.07) is 4.91. The quantitative estimate of drug-likeness (QED) is 0.574. The van der Waals surface area contributed by atoms with Crippen LogP contribution in [0.1, 0.15) is 10.5 Å². The Balaban J connectivity index is 2.36. The Hall–Kier alpha value is -2.64. The second-order valence-electron chi connectivity index (χ2n) is 3.81. The number of carbonyl (C=O) groups is 1. The molecule has 3 aromatic heterocycles. The number of nitrogens with zero attached hydrogens (tertiary/aromatic N) is 5. The molecule has 0 unspecified atom stereocenters. The van der Waals surface area contributed by atoms with Gasteiger partial charge in [-0.3, -0.25) is 0 Å². The predicted molar refractivity (Wildman–Crippen MR) is 65.2 cm³/mol. The van der Waals surface area contributed by atoms with Crippen LogP contribution in [0.15, 0.2) is 30.6 Å². The van der Waals surface area contributed by atoms with Gasteiger partial charge in [-0.2, -0.15) is 14.7 Å². The van der Waals surface area contributed by atoms with Crippen molar-refractivity contribution in [3.63, 3.8) is 0 Å². The van der Waals surface area contributed by atoms with Crippen molar-refractivity contribution in [2.75, 3.05) is 0 Å². The van der Waals surface area contributed by atoms with Crippen molar-refractivity contribution in [3.8, 4) is 5.82 Å².